The fourth-order valence-corrected chi connectivity index (χ4v) is 3.73. The summed E-state index contributed by atoms with van der Waals surface area (Å²) in [5.74, 6) is -0.533. The first kappa shape index (κ1) is 17.2. The third kappa shape index (κ3) is 3.30. The van der Waals surface area contributed by atoms with E-state index in [0.717, 1.165) is 31.4 Å². The maximum atomic E-state index is 11.7. The van der Waals surface area contributed by atoms with Crippen LogP contribution >= 0.6 is 0 Å². The van der Waals surface area contributed by atoms with Crippen molar-refractivity contribution in [3.8, 4) is 6.07 Å². The zero-order chi connectivity index (χ0) is 18.0. The molecule has 1 aliphatic heterocycles. The molecule has 7 heteroatoms. The van der Waals surface area contributed by atoms with Gasteiger partial charge in [-0.25, -0.2) is 9.78 Å². The Hall–Kier alpha value is -2.59. The second-order valence-corrected chi connectivity index (χ2v) is 6.72. The van der Waals surface area contributed by atoms with E-state index in [1.165, 1.54) is 6.20 Å². The molecule has 0 amide bonds. The average molecular weight is 341 g/mol. The molecule has 0 aliphatic carbocycles. The van der Waals surface area contributed by atoms with Crippen molar-refractivity contribution in [2.75, 3.05) is 31.6 Å². The van der Waals surface area contributed by atoms with Crippen molar-refractivity contribution in [3.05, 3.63) is 24.0 Å². The molecule has 132 valence electrons. The highest BCUT2D eigenvalue weighted by Gasteiger charge is 2.32. The molecule has 1 saturated heterocycles. The average Bonchev–Trinajstić information content (AvgIpc) is 3.08. The maximum Gasteiger partial charge on any atom is 0.339 e. The molecule has 2 aromatic heterocycles. The quantitative estimate of drug-likeness (QED) is 0.866. The SMILES string of the molecule is C[C@H]1CCN(CCC#N)C[C@H]1N(C)c1c(C(=O)O)cnc2[nH]ccc12. The van der Waals surface area contributed by atoms with Crippen molar-refractivity contribution < 1.29 is 9.90 Å². The van der Waals surface area contributed by atoms with Crippen molar-refractivity contribution in [3.63, 3.8) is 0 Å². The first-order valence-electron chi connectivity index (χ1n) is 8.54. The van der Waals surface area contributed by atoms with E-state index >= 15 is 0 Å². The second kappa shape index (κ2) is 7.11. The van der Waals surface area contributed by atoms with Gasteiger partial charge in [0.1, 0.15) is 11.2 Å². The number of hydrogen-bond acceptors (Lipinski definition) is 5. The number of nitrogens with one attached hydrogen (secondary N) is 1. The number of aromatic nitrogens is 2. The van der Waals surface area contributed by atoms with Gasteiger partial charge in [0.25, 0.3) is 0 Å². The molecule has 2 N–H and O–H groups in total. The molecule has 2 atom stereocenters. The van der Waals surface area contributed by atoms with Gasteiger partial charge in [-0.05, 0) is 24.9 Å². The number of piperidine rings is 1. The predicted octanol–water partition coefficient (Wildman–Crippen LogP) is 2.32. The Morgan fingerprint density at radius 1 is 1.60 bits per heavy atom. The van der Waals surface area contributed by atoms with E-state index in [4.69, 9.17) is 5.26 Å². The van der Waals surface area contributed by atoms with Gasteiger partial charge >= 0.3 is 5.97 Å². The van der Waals surface area contributed by atoms with Crippen LogP contribution in [0.2, 0.25) is 0 Å². The molecular formula is C18H23N5O2. The van der Waals surface area contributed by atoms with Gasteiger partial charge in [0.2, 0.25) is 0 Å². The molecule has 1 fully saturated rings. The summed E-state index contributed by atoms with van der Waals surface area (Å²) in [5, 5.41) is 19.3. The van der Waals surface area contributed by atoms with Crippen molar-refractivity contribution in [2.45, 2.75) is 25.8 Å². The molecule has 3 rings (SSSR count). The van der Waals surface area contributed by atoms with Crippen LogP contribution in [-0.4, -0.2) is 58.7 Å². The van der Waals surface area contributed by atoms with Gasteiger partial charge in [-0.1, -0.05) is 6.92 Å². The molecular weight excluding hydrogens is 318 g/mol. The van der Waals surface area contributed by atoms with Crippen LogP contribution in [0.4, 0.5) is 5.69 Å². The number of nitriles is 1. The van der Waals surface area contributed by atoms with Crippen LogP contribution in [-0.2, 0) is 0 Å². The fourth-order valence-electron chi connectivity index (χ4n) is 3.73. The lowest BCUT2D eigenvalue weighted by molar-refractivity contribution is 0.0697. The third-order valence-corrected chi connectivity index (χ3v) is 5.18. The lowest BCUT2D eigenvalue weighted by Crippen LogP contribution is -2.51. The highest BCUT2D eigenvalue weighted by molar-refractivity contribution is 6.04. The minimum absolute atomic E-state index is 0.186. The van der Waals surface area contributed by atoms with Crippen LogP contribution in [0.15, 0.2) is 18.5 Å². The number of hydrogen-bond donors (Lipinski definition) is 2. The highest BCUT2D eigenvalue weighted by atomic mass is 16.4. The Balaban J connectivity index is 1.96. The summed E-state index contributed by atoms with van der Waals surface area (Å²) < 4.78 is 0. The summed E-state index contributed by atoms with van der Waals surface area (Å²) in [6.45, 7) is 4.77. The lowest BCUT2D eigenvalue weighted by atomic mass is 9.91. The van der Waals surface area contributed by atoms with E-state index in [9.17, 15) is 9.90 Å². The number of likely N-dealkylation sites (N-methyl/N-ethyl adjacent to an activating group) is 1. The van der Waals surface area contributed by atoms with Crippen LogP contribution in [0.5, 0.6) is 0 Å². The normalized spacial score (nSPS) is 21.2. The van der Waals surface area contributed by atoms with Crippen molar-refractivity contribution in [1.82, 2.24) is 14.9 Å². The van der Waals surface area contributed by atoms with Gasteiger partial charge in [-0.15, -0.1) is 0 Å². The fraction of sp³-hybridized carbons (Fsp3) is 0.500. The van der Waals surface area contributed by atoms with Gasteiger partial charge < -0.3 is 19.9 Å². The first-order chi connectivity index (χ1) is 12.0. The number of anilines is 1. The van der Waals surface area contributed by atoms with Gasteiger partial charge in [0.05, 0.1) is 11.8 Å². The second-order valence-electron chi connectivity index (χ2n) is 6.72. The highest BCUT2D eigenvalue weighted by Crippen LogP contribution is 2.33. The smallest absolute Gasteiger partial charge is 0.339 e. The van der Waals surface area contributed by atoms with Crippen LogP contribution in [0.25, 0.3) is 11.0 Å². The summed E-state index contributed by atoms with van der Waals surface area (Å²) >= 11 is 0. The van der Waals surface area contributed by atoms with Crippen molar-refractivity contribution >= 4 is 22.7 Å². The van der Waals surface area contributed by atoms with E-state index in [1.54, 1.807) is 6.20 Å². The number of pyridine rings is 1. The zero-order valence-electron chi connectivity index (χ0n) is 14.6. The first-order valence-corrected chi connectivity index (χ1v) is 8.54. The molecule has 0 spiro atoms. The lowest BCUT2D eigenvalue weighted by Gasteiger charge is -2.43. The Morgan fingerprint density at radius 2 is 2.40 bits per heavy atom. The van der Waals surface area contributed by atoms with Gasteiger partial charge in [0.15, 0.2) is 0 Å². The molecule has 0 bridgehead atoms. The number of nitrogens with zero attached hydrogens (tertiary/aromatic N) is 4. The summed E-state index contributed by atoms with van der Waals surface area (Å²) in [7, 11) is 1.96. The van der Waals surface area contributed by atoms with Crippen LogP contribution < -0.4 is 4.90 Å². The zero-order valence-corrected chi connectivity index (χ0v) is 14.6. The monoisotopic (exact) mass is 341 g/mol. The summed E-state index contributed by atoms with van der Waals surface area (Å²) in [6.07, 6.45) is 4.75. The predicted molar refractivity (Wildman–Crippen MR) is 95.7 cm³/mol. The number of fused-ring (bicyclic) bond motifs is 1. The van der Waals surface area contributed by atoms with Crippen LogP contribution in [0.1, 0.15) is 30.1 Å². The van der Waals surface area contributed by atoms with E-state index in [1.807, 2.05) is 13.1 Å². The number of H-pyrrole nitrogens is 1. The molecule has 0 saturated carbocycles. The number of carboxylic acid groups (broad SMARTS) is 1. The van der Waals surface area contributed by atoms with Crippen molar-refractivity contribution in [1.29, 1.82) is 5.26 Å². The molecule has 0 unspecified atom stereocenters. The summed E-state index contributed by atoms with van der Waals surface area (Å²) in [4.78, 5) is 23.4. The molecule has 1 aliphatic rings. The Bertz CT molecular complexity index is 809. The molecule has 2 aromatic rings. The van der Waals surface area contributed by atoms with Crippen molar-refractivity contribution in [2.24, 2.45) is 5.92 Å². The number of aromatic carboxylic acids is 1. The largest absolute Gasteiger partial charge is 0.478 e. The minimum atomic E-state index is -0.970. The number of aromatic amines is 1. The van der Waals surface area contributed by atoms with Gasteiger partial charge in [-0.2, -0.15) is 5.26 Å². The minimum Gasteiger partial charge on any atom is -0.478 e. The number of carbonyl (C=O) groups is 1. The maximum absolute atomic E-state index is 11.7. The van der Waals surface area contributed by atoms with E-state index in [2.05, 4.69) is 32.8 Å². The molecule has 3 heterocycles. The molecule has 25 heavy (non-hydrogen) atoms. The van der Waals surface area contributed by atoms with E-state index in [0.29, 0.717) is 23.7 Å². The number of rotatable bonds is 5. The van der Waals surface area contributed by atoms with Gasteiger partial charge in [-0.3, -0.25) is 0 Å². The van der Waals surface area contributed by atoms with Gasteiger partial charge in [0, 0.05) is 50.4 Å². The summed E-state index contributed by atoms with van der Waals surface area (Å²) in [6, 6.07) is 4.26. The Labute approximate surface area is 146 Å². The molecule has 7 nitrogen and oxygen atoms in total. The Kier molecular flexibility index (Phi) is 4.91. The van der Waals surface area contributed by atoms with Crippen LogP contribution in [0, 0.1) is 17.2 Å². The third-order valence-electron chi connectivity index (χ3n) is 5.18. The Morgan fingerprint density at radius 3 is 3.12 bits per heavy atom. The summed E-state index contributed by atoms with van der Waals surface area (Å²) in [5.41, 5.74) is 1.62. The van der Waals surface area contributed by atoms with E-state index in [-0.39, 0.29) is 11.6 Å². The topological polar surface area (TPSA) is 96.2 Å². The molecule has 0 aromatic carbocycles. The molecule has 0 radical (unpaired) electrons. The standard InChI is InChI=1S/C18H23N5O2/c1-12-5-9-23(8-3-6-19)11-15(12)22(2)16-13-4-7-20-17(13)21-10-14(16)18(24)25/h4,7,10,12,15H,3,5,8-9,11H2,1-2H3,(H,20,21)(H,24,25)/t12-,15+/m0/s1. The van der Waals surface area contributed by atoms with Crippen LogP contribution in [0.3, 0.4) is 0 Å². The number of likely N-dealkylation sites (tertiary alicyclic amines) is 1. The number of carboxylic acids is 1. The van der Waals surface area contributed by atoms with E-state index < -0.39 is 5.97 Å².